The smallest absolute Gasteiger partial charge is 0.416 e. The Kier molecular flexibility index (Phi) is 6.60. The van der Waals surface area contributed by atoms with Crippen LogP contribution in [-0.4, -0.2) is 33.1 Å². The van der Waals surface area contributed by atoms with Gasteiger partial charge in [0.05, 0.1) is 12.2 Å². The summed E-state index contributed by atoms with van der Waals surface area (Å²) in [6, 6.07) is 13.1. The Bertz CT molecular complexity index is 1570. The quantitative estimate of drug-likeness (QED) is 0.297. The van der Waals surface area contributed by atoms with Crippen LogP contribution >= 0.6 is 0 Å². The zero-order chi connectivity index (χ0) is 27.0. The number of Topliss-reactive ketones (excluding diaryl/α,β-unsaturated/α-hetero) is 1. The number of allylic oxidation sites excluding steroid dienone is 2. The van der Waals surface area contributed by atoms with Crippen molar-refractivity contribution >= 4 is 22.5 Å². The van der Waals surface area contributed by atoms with Crippen molar-refractivity contribution in [1.29, 1.82) is 0 Å². The number of nitrogens with zero attached hydrogens (tertiary/aromatic N) is 3. The van der Waals surface area contributed by atoms with Crippen molar-refractivity contribution in [2.75, 3.05) is 6.61 Å². The summed E-state index contributed by atoms with van der Waals surface area (Å²) in [7, 11) is 0. The second-order valence-corrected chi connectivity index (χ2v) is 9.24. The van der Waals surface area contributed by atoms with Crippen LogP contribution in [0.1, 0.15) is 52.8 Å². The van der Waals surface area contributed by atoms with Gasteiger partial charge in [0, 0.05) is 41.9 Å². The van der Waals surface area contributed by atoms with Gasteiger partial charge < -0.3 is 4.74 Å². The molecule has 0 fully saturated rings. The summed E-state index contributed by atoms with van der Waals surface area (Å²) in [5.74, 6) is -0.767. The fourth-order valence-electron chi connectivity index (χ4n) is 4.89. The van der Waals surface area contributed by atoms with Crippen molar-refractivity contribution in [3.05, 3.63) is 106 Å². The third-order valence-electron chi connectivity index (χ3n) is 6.65. The van der Waals surface area contributed by atoms with Gasteiger partial charge >= 0.3 is 12.1 Å². The summed E-state index contributed by atoms with van der Waals surface area (Å²) in [6.07, 6.45) is -0.592. The molecule has 0 bridgehead atoms. The number of halogens is 3. The van der Waals surface area contributed by atoms with Gasteiger partial charge in [0.2, 0.25) is 0 Å². The minimum atomic E-state index is -4.49. The van der Waals surface area contributed by atoms with E-state index < -0.39 is 23.8 Å². The van der Waals surface area contributed by atoms with E-state index in [2.05, 4.69) is 10.1 Å². The predicted molar refractivity (Wildman–Crippen MR) is 135 cm³/mol. The van der Waals surface area contributed by atoms with Crippen molar-refractivity contribution in [2.45, 2.75) is 38.9 Å². The fourth-order valence-corrected chi connectivity index (χ4v) is 4.89. The van der Waals surface area contributed by atoms with Crippen LogP contribution in [0.15, 0.2) is 78.1 Å². The number of pyridine rings is 1. The number of carbonyl (C=O) groups excluding carboxylic acids is 2. The van der Waals surface area contributed by atoms with Gasteiger partial charge in [-0.1, -0.05) is 35.9 Å². The first kappa shape index (κ1) is 25.4. The summed E-state index contributed by atoms with van der Waals surface area (Å²) in [5.41, 5.74) is 2.46. The summed E-state index contributed by atoms with van der Waals surface area (Å²) >= 11 is 0. The molecule has 194 valence electrons. The second-order valence-electron chi connectivity index (χ2n) is 9.24. The van der Waals surface area contributed by atoms with Gasteiger partial charge in [0.25, 0.3) is 0 Å². The standard InChI is InChI=1S/C29H24F3N3O3/c1-3-38-28(37)24-15-23-12-17(2)26(25(36)14-18-4-5-21-16-33-11-10-20(21)13-18)27(35(23)34-24)19-6-8-22(9-7-19)29(30,31)32/h4-11,13,15-16,27H,3,12,14H2,1-2H3. The lowest BCUT2D eigenvalue weighted by atomic mass is 9.85. The number of hydrogen-bond acceptors (Lipinski definition) is 5. The van der Waals surface area contributed by atoms with Crippen molar-refractivity contribution < 1.29 is 27.5 Å². The van der Waals surface area contributed by atoms with Crippen LogP contribution in [0.3, 0.4) is 0 Å². The Balaban J connectivity index is 1.56. The average molecular weight is 520 g/mol. The first-order valence-electron chi connectivity index (χ1n) is 12.1. The molecule has 0 spiro atoms. The molecule has 38 heavy (non-hydrogen) atoms. The van der Waals surface area contributed by atoms with Crippen molar-refractivity contribution in [3.8, 4) is 0 Å². The van der Waals surface area contributed by atoms with Crippen LogP contribution in [0.25, 0.3) is 10.8 Å². The second kappa shape index (κ2) is 9.89. The van der Waals surface area contributed by atoms with Gasteiger partial charge in [-0.25, -0.2) is 4.79 Å². The normalized spacial score (nSPS) is 15.4. The Morgan fingerprint density at radius 1 is 1.05 bits per heavy atom. The number of benzene rings is 2. The number of fused-ring (bicyclic) bond motifs is 2. The maximum atomic E-state index is 13.8. The molecule has 0 N–H and O–H groups in total. The lowest BCUT2D eigenvalue weighted by Crippen LogP contribution is -2.28. The molecule has 0 saturated heterocycles. The molecule has 2 aromatic carbocycles. The Morgan fingerprint density at radius 3 is 2.53 bits per heavy atom. The zero-order valence-corrected chi connectivity index (χ0v) is 20.7. The third kappa shape index (κ3) is 4.83. The summed E-state index contributed by atoms with van der Waals surface area (Å²) in [5, 5.41) is 6.34. The number of aromatic nitrogens is 3. The lowest BCUT2D eigenvalue weighted by Gasteiger charge is -2.29. The van der Waals surface area contributed by atoms with E-state index in [4.69, 9.17) is 4.74 Å². The molecule has 1 unspecified atom stereocenters. The first-order valence-corrected chi connectivity index (χ1v) is 12.1. The largest absolute Gasteiger partial charge is 0.461 e. The Labute approximate surface area is 216 Å². The van der Waals surface area contributed by atoms with E-state index in [-0.39, 0.29) is 24.5 Å². The molecule has 1 aliphatic rings. The number of ether oxygens (including phenoxy) is 1. The number of carbonyl (C=O) groups is 2. The van der Waals surface area contributed by atoms with Crippen LogP contribution in [0.5, 0.6) is 0 Å². The van der Waals surface area contributed by atoms with Crippen molar-refractivity contribution in [1.82, 2.24) is 14.8 Å². The maximum absolute atomic E-state index is 13.8. The molecule has 2 aromatic heterocycles. The molecule has 9 heteroatoms. The number of esters is 1. The Morgan fingerprint density at radius 2 is 1.82 bits per heavy atom. The van der Waals surface area contributed by atoms with Gasteiger partial charge in [-0.3, -0.25) is 14.5 Å². The number of ketones is 1. The van der Waals surface area contributed by atoms with Crippen LogP contribution in [-0.2, 0) is 28.5 Å². The highest BCUT2D eigenvalue weighted by molar-refractivity contribution is 6.00. The number of hydrogen-bond donors (Lipinski definition) is 0. The monoisotopic (exact) mass is 519 g/mol. The van der Waals surface area contributed by atoms with E-state index in [1.165, 1.54) is 12.1 Å². The number of alkyl halides is 3. The van der Waals surface area contributed by atoms with Crippen molar-refractivity contribution in [2.24, 2.45) is 0 Å². The SMILES string of the molecule is CCOC(=O)c1cc2n(n1)C(c1ccc(C(F)(F)F)cc1)C(C(=O)Cc1ccc3cnccc3c1)=C(C)C2. The highest BCUT2D eigenvalue weighted by atomic mass is 19.4. The number of rotatable bonds is 6. The molecule has 0 radical (unpaired) electrons. The van der Waals surface area contributed by atoms with Crippen LogP contribution in [0, 0.1) is 0 Å². The van der Waals surface area contributed by atoms with Crippen LogP contribution < -0.4 is 0 Å². The van der Waals surface area contributed by atoms with Crippen molar-refractivity contribution in [3.63, 3.8) is 0 Å². The van der Waals surface area contributed by atoms with Gasteiger partial charge in [0.15, 0.2) is 11.5 Å². The molecule has 1 atom stereocenters. The molecular weight excluding hydrogens is 495 g/mol. The highest BCUT2D eigenvalue weighted by Gasteiger charge is 2.35. The molecule has 6 nitrogen and oxygen atoms in total. The summed E-state index contributed by atoms with van der Waals surface area (Å²) in [4.78, 5) is 30.3. The minimum absolute atomic E-state index is 0.0865. The van der Waals surface area contributed by atoms with Crippen LogP contribution in [0.2, 0.25) is 0 Å². The third-order valence-corrected chi connectivity index (χ3v) is 6.65. The molecule has 4 aromatic rings. The molecule has 5 rings (SSSR count). The summed E-state index contributed by atoms with van der Waals surface area (Å²) < 4.78 is 46.4. The average Bonchev–Trinajstić information content (AvgIpc) is 3.31. The van der Waals surface area contributed by atoms with E-state index in [0.29, 0.717) is 23.3 Å². The molecule has 0 saturated carbocycles. The van der Waals surface area contributed by atoms with E-state index in [0.717, 1.165) is 34.0 Å². The van der Waals surface area contributed by atoms with E-state index in [1.54, 1.807) is 30.1 Å². The van der Waals surface area contributed by atoms with Crippen LogP contribution in [0.4, 0.5) is 13.2 Å². The molecule has 0 aliphatic carbocycles. The highest BCUT2D eigenvalue weighted by Crippen LogP contribution is 2.38. The minimum Gasteiger partial charge on any atom is -0.461 e. The van der Waals surface area contributed by atoms with E-state index >= 15 is 0 Å². The molecule has 0 amide bonds. The molecule has 3 heterocycles. The predicted octanol–water partition coefficient (Wildman–Crippen LogP) is 5.90. The van der Waals surface area contributed by atoms with Gasteiger partial charge in [0.1, 0.15) is 6.04 Å². The van der Waals surface area contributed by atoms with E-state index in [9.17, 15) is 22.8 Å². The molecule has 1 aliphatic heterocycles. The van der Waals surface area contributed by atoms with Gasteiger partial charge in [-0.05, 0) is 54.6 Å². The van der Waals surface area contributed by atoms with Gasteiger partial charge in [-0.15, -0.1) is 0 Å². The molecular formula is C29H24F3N3O3. The van der Waals surface area contributed by atoms with E-state index in [1.807, 2.05) is 31.2 Å². The fraction of sp³-hybridized carbons (Fsp3) is 0.241. The Hall–Kier alpha value is -4.27. The lowest BCUT2D eigenvalue weighted by molar-refractivity contribution is -0.137. The first-order chi connectivity index (χ1) is 18.2. The maximum Gasteiger partial charge on any atom is 0.416 e. The van der Waals surface area contributed by atoms with Gasteiger partial charge in [-0.2, -0.15) is 18.3 Å². The summed E-state index contributed by atoms with van der Waals surface area (Å²) in [6.45, 7) is 3.69. The topological polar surface area (TPSA) is 74.1 Å². The zero-order valence-electron chi connectivity index (χ0n) is 20.7.